The molecule has 0 aromatic carbocycles. The first-order valence-corrected chi connectivity index (χ1v) is 8.00. The van der Waals surface area contributed by atoms with Crippen LogP contribution < -0.4 is 5.32 Å². The van der Waals surface area contributed by atoms with Gasteiger partial charge in [0.05, 0.1) is 0 Å². The highest BCUT2D eigenvalue weighted by Gasteiger charge is 2.23. The van der Waals surface area contributed by atoms with Gasteiger partial charge < -0.3 is 14.7 Å². The Labute approximate surface area is 139 Å². The van der Waals surface area contributed by atoms with Crippen LogP contribution in [0.25, 0.3) is 11.4 Å². The van der Waals surface area contributed by atoms with Crippen molar-refractivity contribution in [2.24, 2.45) is 0 Å². The fourth-order valence-electron chi connectivity index (χ4n) is 2.43. The van der Waals surface area contributed by atoms with Crippen molar-refractivity contribution in [1.29, 1.82) is 0 Å². The standard InChI is InChI=1S/C14H18N4O2S.ClH/c1-18(11-4-6-15-8-11)13(19)3-2-12-16-14(17-20-12)10-5-7-21-9-10;/h5,7,9,11,15H,2-4,6,8H2,1H3;1H. The maximum atomic E-state index is 12.1. The Morgan fingerprint density at radius 2 is 2.45 bits per heavy atom. The number of halogens is 1. The number of aryl methyl sites for hydroxylation is 1. The molecule has 2 aromatic heterocycles. The number of aromatic nitrogens is 2. The van der Waals surface area contributed by atoms with Crippen molar-refractivity contribution < 1.29 is 9.32 Å². The third kappa shape index (κ3) is 3.85. The summed E-state index contributed by atoms with van der Waals surface area (Å²) < 4.78 is 5.20. The number of carbonyl (C=O) groups excluding carboxylic acids is 1. The molecule has 0 bridgehead atoms. The maximum Gasteiger partial charge on any atom is 0.227 e. The van der Waals surface area contributed by atoms with Gasteiger partial charge in [-0.05, 0) is 24.4 Å². The first-order chi connectivity index (χ1) is 10.2. The molecule has 1 amide bonds. The highest BCUT2D eigenvalue weighted by Crippen LogP contribution is 2.19. The van der Waals surface area contributed by atoms with E-state index in [2.05, 4.69) is 15.5 Å². The van der Waals surface area contributed by atoms with E-state index in [9.17, 15) is 4.79 Å². The molecular weight excluding hydrogens is 324 g/mol. The van der Waals surface area contributed by atoms with Crippen molar-refractivity contribution >= 4 is 29.7 Å². The van der Waals surface area contributed by atoms with E-state index in [0.717, 1.165) is 25.1 Å². The minimum Gasteiger partial charge on any atom is -0.341 e. The van der Waals surface area contributed by atoms with Crippen LogP contribution in [-0.4, -0.2) is 47.1 Å². The SMILES string of the molecule is CN(C(=O)CCc1nc(-c2ccsc2)no1)C1CCNC1.Cl. The van der Waals surface area contributed by atoms with Gasteiger partial charge in [0.2, 0.25) is 17.6 Å². The van der Waals surface area contributed by atoms with E-state index in [-0.39, 0.29) is 18.3 Å². The molecule has 22 heavy (non-hydrogen) atoms. The molecule has 1 fully saturated rings. The van der Waals surface area contributed by atoms with Crippen molar-refractivity contribution in [3.05, 3.63) is 22.7 Å². The predicted molar refractivity (Wildman–Crippen MR) is 87.2 cm³/mol. The Morgan fingerprint density at radius 3 is 3.14 bits per heavy atom. The average Bonchev–Trinajstić information content (AvgIpc) is 3.25. The van der Waals surface area contributed by atoms with Crippen LogP contribution in [0, 0.1) is 0 Å². The zero-order chi connectivity index (χ0) is 14.7. The summed E-state index contributed by atoms with van der Waals surface area (Å²) in [5, 5.41) is 11.2. The molecule has 1 saturated heterocycles. The normalized spacial score (nSPS) is 17.2. The minimum absolute atomic E-state index is 0. The smallest absolute Gasteiger partial charge is 0.227 e. The first-order valence-electron chi connectivity index (χ1n) is 7.05. The zero-order valence-electron chi connectivity index (χ0n) is 12.3. The summed E-state index contributed by atoms with van der Waals surface area (Å²) in [4.78, 5) is 18.3. The minimum atomic E-state index is 0. The summed E-state index contributed by atoms with van der Waals surface area (Å²) >= 11 is 1.59. The van der Waals surface area contributed by atoms with Crippen molar-refractivity contribution in [2.45, 2.75) is 25.3 Å². The summed E-state index contributed by atoms with van der Waals surface area (Å²) in [6.07, 6.45) is 1.91. The Kier molecular flexibility index (Phi) is 5.93. The van der Waals surface area contributed by atoms with Gasteiger partial charge in [0, 0.05) is 43.4 Å². The molecule has 3 rings (SSSR count). The Balaban J connectivity index is 0.00000176. The van der Waals surface area contributed by atoms with Crippen LogP contribution in [-0.2, 0) is 11.2 Å². The van der Waals surface area contributed by atoms with E-state index in [1.807, 2.05) is 28.8 Å². The largest absolute Gasteiger partial charge is 0.341 e. The number of likely N-dealkylation sites (N-methyl/N-ethyl adjacent to an activating group) is 1. The molecule has 3 heterocycles. The summed E-state index contributed by atoms with van der Waals surface area (Å²) in [7, 11) is 1.87. The predicted octanol–water partition coefficient (Wildman–Crippen LogP) is 1.97. The molecule has 2 aromatic rings. The number of nitrogens with one attached hydrogen (secondary N) is 1. The molecule has 0 spiro atoms. The number of nitrogens with zero attached hydrogens (tertiary/aromatic N) is 3. The molecule has 1 N–H and O–H groups in total. The van der Waals surface area contributed by atoms with Crippen LogP contribution in [0.1, 0.15) is 18.7 Å². The van der Waals surface area contributed by atoms with E-state index in [1.165, 1.54) is 0 Å². The molecule has 1 unspecified atom stereocenters. The summed E-state index contributed by atoms with van der Waals surface area (Å²) in [5.41, 5.74) is 0.954. The molecule has 120 valence electrons. The fraction of sp³-hybridized carbons (Fsp3) is 0.500. The highest BCUT2D eigenvalue weighted by molar-refractivity contribution is 7.08. The van der Waals surface area contributed by atoms with Gasteiger partial charge in [-0.1, -0.05) is 5.16 Å². The highest BCUT2D eigenvalue weighted by atomic mass is 35.5. The quantitative estimate of drug-likeness (QED) is 0.899. The van der Waals surface area contributed by atoms with Crippen molar-refractivity contribution in [2.75, 3.05) is 20.1 Å². The van der Waals surface area contributed by atoms with Crippen molar-refractivity contribution in [3.63, 3.8) is 0 Å². The average molecular weight is 343 g/mol. The van der Waals surface area contributed by atoms with Gasteiger partial charge in [-0.3, -0.25) is 4.79 Å². The summed E-state index contributed by atoms with van der Waals surface area (Å²) in [5.74, 6) is 1.23. The van der Waals surface area contributed by atoms with Crippen LogP contribution in [0.15, 0.2) is 21.3 Å². The number of hydrogen-bond donors (Lipinski definition) is 1. The first kappa shape index (κ1) is 16.9. The van der Waals surface area contributed by atoms with Gasteiger partial charge in [-0.15, -0.1) is 12.4 Å². The topological polar surface area (TPSA) is 71.3 Å². The zero-order valence-corrected chi connectivity index (χ0v) is 14.0. The third-order valence-corrected chi connectivity index (χ3v) is 4.46. The molecule has 1 aliphatic rings. The van der Waals surface area contributed by atoms with Gasteiger partial charge >= 0.3 is 0 Å². The lowest BCUT2D eigenvalue weighted by Gasteiger charge is -2.23. The van der Waals surface area contributed by atoms with Crippen LogP contribution >= 0.6 is 23.7 Å². The monoisotopic (exact) mass is 342 g/mol. The van der Waals surface area contributed by atoms with Crippen LogP contribution in [0.3, 0.4) is 0 Å². The lowest BCUT2D eigenvalue weighted by molar-refractivity contribution is -0.131. The second-order valence-corrected chi connectivity index (χ2v) is 5.96. The molecule has 8 heteroatoms. The Hall–Kier alpha value is -1.44. The Morgan fingerprint density at radius 1 is 1.59 bits per heavy atom. The second-order valence-electron chi connectivity index (χ2n) is 5.18. The number of hydrogen-bond acceptors (Lipinski definition) is 6. The molecule has 0 saturated carbocycles. The molecule has 0 aliphatic carbocycles. The van der Waals surface area contributed by atoms with E-state index < -0.39 is 0 Å². The van der Waals surface area contributed by atoms with Crippen molar-refractivity contribution in [3.8, 4) is 11.4 Å². The van der Waals surface area contributed by atoms with E-state index >= 15 is 0 Å². The summed E-state index contributed by atoms with van der Waals surface area (Å²) in [6, 6.07) is 2.26. The van der Waals surface area contributed by atoms with Crippen LogP contribution in [0.2, 0.25) is 0 Å². The van der Waals surface area contributed by atoms with E-state index in [1.54, 1.807) is 11.3 Å². The van der Waals surface area contributed by atoms with Crippen LogP contribution in [0.4, 0.5) is 0 Å². The van der Waals surface area contributed by atoms with Gasteiger partial charge in [0.1, 0.15) is 0 Å². The van der Waals surface area contributed by atoms with E-state index in [4.69, 9.17) is 4.52 Å². The molecule has 6 nitrogen and oxygen atoms in total. The van der Waals surface area contributed by atoms with Gasteiger partial charge in [0.15, 0.2) is 0 Å². The van der Waals surface area contributed by atoms with Crippen molar-refractivity contribution in [1.82, 2.24) is 20.4 Å². The van der Waals surface area contributed by atoms with Gasteiger partial charge in [-0.25, -0.2) is 0 Å². The number of rotatable bonds is 5. The number of carbonyl (C=O) groups is 1. The third-order valence-electron chi connectivity index (χ3n) is 3.78. The fourth-order valence-corrected chi connectivity index (χ4v) is 3.06. The van der Waals surface area contributed by atoms with Gasteiger partial charge in [-0.2, -0.15) is 16.3 Å². The van der Waals surface area contributed by atoms with E-state index in [0.29, 0.717) is 30.6 Å². The number of amides is 1. The lowest BCUT2D eigenvalue weighted by atomic mass is 10.2. The van der Waals surface area contributed by atoms with Crippen LogP contribution in [0.5, 0.6) is 0 Å². The summed E-state index contributed by atoms with van der Waals surface area (Å²) in [6.45, 7) is 1.86. The molecule has 1 atom stereocenters. The molecule has 1 aliphatic heterocycles. The Bertz CT molecular complexity index is 596. The number of thiophene rings is 1. The lowest BCUT2D eigenvalue weighted by Crippen LogP contribution is -2.38. The maximum absolute atomic E-state index is 12.1. The molecular formula is C14H19ClN4O2S. The van der Waals surface area contributed by atoms with Gasteiger partial charge in [0.25, 0.3) is 0 Å². The second kappa shape index (κ2) is 7.71. The molecule has 0 radical (unpaired) electrons.